The highest BCUT2D eigenvalue weighted by atomic mass is 31.2. The molecule has 0 aliphatic carbocycles. The predicted octanol–water partition coefficient (Wildman–Crippen LogP) is 2.62. The summed E-state index contributed by atoms with van der Waals surface area (Å²) in [4.78, 5) is 39.9. The Morgan fingerprint density at radius 3 is 1.54 bits per heavy atom. The van der Waals surface area contributed by atoms with Crippen LogP contribution in [0.25, 0.3) is 0 Å². The smallest absolute Gasteiger partial charge is 0.344 e. The molecule has 0 bridgehead atoms. The predicted molar refractivity (Wildman–Crippen MR) is 95.3 cm³/mol. The summed E-state index contributed by atoms with van der Waals surface area (Å²) in [6.07, 6.45) is 0.140. The molecule has 0 heterocycles. The summed E-state index contributed by atoms with van der Waals surface area (Å²) in [6, 6.07) is 0. The van der Waals surface area contributed by atoms with E-state index in [0.29, 0.717) is 0 Å². The van der Waals surface area contributed by atoms with Crippen LogP contribution in [0, 0.1) is 0 Å². The van der Waals surface area contributed by atoms with E-state index in [4.69, 9.17) is 23.9 Å². The number of methoxy groups -OCH3 is 1. The minimum Gasteiger partial charge on any atom is -0.481 e. The molecule has 0 aromatic carbocycles. The molecule has 0 amide bonds. The molecule has 0 rings (SSSR count). The second-order valence-electron chi connectivity index (χ2n) is 5.16. The van der Waals surface area contributed by atoms with Crippen LogP contribution in [0.15, 0.2) is 0 Å². The molecular weight excluding hydrogens is 390 g/mol. The number of esters is 1. The van der Waals surface area contributed by atoms with Crippen molar-refractivity contribution in [3.8, 4) is 0 Å². The summed E-state index contributed by atoms with van der Waals surface area (Å²) >= 11 is 0. The van der Waals surface area contributed by atoms with Gasteiger partial charge >= 0.3 is 27.1 Å². The first-order chi connectivity index (χ1) is 11.8. The Bertz CT molecular complexity index is 528. The molecule has 0 spiro atoms. The maximum Gasteiger partial charge on any atom is 0.344 e. The van der Waals surface area contributed by atoms with E-state index in [0.717, 1.165) is 7.11 Å². The van der Waals surface area contributed by atoms with Gasteiger partial charge in [-0.3, -0.25) is 18.7 Å². The third-order valence-electron chi connectivity index (χ3n) is 3.74. The molecule has 12 heteroatoms. The molecule has 10 nitrogen and oxygen atoms in total. The molecule has 0 aromatic rings. The summed E-state index contributed by atoms with van der Waals surface area (Å²) in [5.41, 5.74) is -1.12. The van der Waals surface area contributed by atoms with Crippen molar-refractivity contribution in [1.82, 2.24) is 0 Å². The monoisotopic (exact) mass is 420 g/mol. The van der Waals surface area contributed by atoms with E-state index in [1.165, 1.54) is 6.92 Å². The number of carboxylic acids is 1. The van der Waals surface area contributed by atoms with Crippen LogP contribution in [0.1, 0.15) is 47.5 Å². The fourth-order valence-corrected chi connectivity index (χ4v) is 4.68. The zero-order chi connectivity index (χ0) is 21.2. The third-order valence-corrected chi connectivity index (χ3v) is 8.08. The number of aliphatic carboxylic acids is 1. The van der Waals surface area contributed by atoms with Gasteiger partial charge in [0.15, 0.2) is 10.8 Å². The molecule has 0 radical (unpaired) electrons. The molecule has 1 unspecified atom stereocenters. The van der Waals surface area contributed by atoms with Crippen molar-refractivity contribution in [2.45, 2.75) is 58.3 Å². The maximum atomic E-state index is 11.7. The summed E-state index contributed by atoms with van der Waals surface area (Å²) in [7, 11) is -6.80. The van der Waals surface area contributed by atoms with Crippen molar-refractivity contribution in [3.63, 3.8) is 0 Å². The largest absolute Gasteiger partial charge is 0.481 e. The van der Waals surface area contributed by atoms with E-state index in [1.54, 1.807) is 27.7 Å². The van der Waals surface area contributed by atoms with Crippen LogP contribution in [0.5, 0.6) is 0 Å². The van der Waals surface area contributed by atoms with E-state index >= 15 is 0 Å². The highest BCUT2D eigenvalue weighted by Gasteiger charge is 2.51. The lowest BCUT2D eigenvalue weighted by Crippen LogP contribution is -2.38. The van der Waals surface area contributed by atoms with Gasteiger partial charge < -0.3 is 28.7 Å². The van der Waals surface area contributed by atoms with Gasteiger partial charge in [0, 0.05) is 0 Å². The number of hydrogen-bond donors (Lipinski definition) is 3. The van der Waals surface area contributed by atoms with Crippen LogP contribution >= 0.6 is 15.2 Å². The molecule has 0 saturated carbocycles. The third kappa shape index (κ3) is 7.10. The van der Waals surface area contributed by atoms with Gasteiger partial charge in [-0.2, -0.15) is 0 Å². The molecule has 3 N–H and O–H groups in total. The number of carboxylic acid groups (broad SMARTS) is 1. The minimum absolute atomic E-state index is 0.0699. The van der Waals surface area contributed by atoms with Crippen LogP contribution in [0.2, 0.25) is 0 Å². The summed E-state index contributed by atoms with van der Waals surface area (Å²) in [6.45, 7) is 8.05. The Balaban J connectivity index is 0. The normalized spacial score (nSPS) is 13.4. The maximum absolute atomic E-state index is 11.7. The Kier molecular flexibility index (Phi) is 12.5. The minimum atomic E-state index is -4.45. The lowest BCUT2D eigenvalue weighted by molar-refractivity contribution is -0.144. The zero-order valence-corrected chi connectivity index (χ0v) is 17.8. The number of ether oxygens (including phenoxy) is 1. The Morgan fingerprint density at radius 1 is 1.00 bits per heavy atom. The van der Waals surface area contributed by atoms with Gasteiger partial charge in [-0.1, -0.05) is 13.8 Å². The molecule has 1 atom stereocenters. The highest BCUT2D eigenvalue weighted by molar-refractivity contribution is 7.55. The Morgan fingerprint density at radius 2 is 1.38 bits per heavy atom. The van der Waals surface area contributed by atoms with Crippen molar-refractivity contribution in [2.75, 3.05) is 20.3 Å². The molecule has 0 saturated heterocycles. The molecular formula is C14H30O10P2. The molecule has 0 aromatic heterocycles. The number of carbonyl (C=O) groups is 2. The van der Waals surface area contributed by atoms with Crippen LogP contribution in [-0.4, -0.2) is 58.0 Å². The zero-order valence-electron chi connectivity index (χ0n) is 16.0. The van der Waals surface area contributed by atoms with Crippen LogP contribution in [-0.2, 0) is 32.5 Å². The molecule has 0 aliphatic rings. The summed E-state index contributed by atoms with van der Waals surface area (Å²) in [5.74, 6) is -2.02. The van der Waals surface area contributed by atoms with Gasteiger partial charge in [-0.15, -0.1) is 0 Å². The van der Waals surface area contributed by atoms with Gasteiger partial charge in [0.2, 0.25) is 0 Å². The average Bonchev–Trinajstić information content (AvgIpc) is 2.55. The summed E-state index contributed by atoms with van der Waals surface area (Å²) in [5, 5.41) is 6.97. The number of hydrogen-bond acceptors (Lipinski definition) is 7. The van der Waals surface area contributed by atoms with E-state index in [-0.39, 0.29) is 26.1 Å². The van der Waals surface area contributed by atoms with Crippen molar-refractivity contribution < 1.29 is 47.4 Å². The molecule has 156 valence electrons. The van der Waals surface area contributed by atoms with Gasteiger partial charge in [-0.05, 0) is 33.6 Å². The highest BCUT2D eigenvalue weighted by Crippen LogP contribution is 2.55. The second kappa shape index (κ2) is 11.8. The molecule has 0 fully saturated rings. The lowest BCUT2D eigenvalue weighted by atomic mass is 10.0. The first-order valence-corrected chi connectivity index (χ1v) is 11.3. The fourth-order valence-electron chi connectivity index (χ4n) is 2.02. The quantitative estimate of drug-likeness (QED) is 0.354. The van der Waals surface area contributed by atoms with Crippen molar-refractivity contribution in [3.05, 3.63) is 0 Å². The Hall–Kier alpha value is -0.760. The average molecular weight is 420 g/mol. The SMILES string of the molecule is CCC(CC)(C(=O)OC)P(=O)(O)O.CCOP(=O)(OCC)C(C)C(=O)O. The van der Waals surface area contributed by atoms with Crippen molar-refractivity contribution in [2.24, 2.45) is 0 Å². The van der Waals surface area contributed by atoms with Crippen LogP contribution < -0.4 is 0 Å². The number of carbonyl (C=O) groups excluding carboxylic acids is 1. The molecule has 26 heavy (non-hydrogen) atoms. The van der Waals surface area contributed by atoms with E-state index < -0.39 is 37.9 Å². The number of rotatable bonds is 10. The summed E-state index contributed by atoms with van der Waals surface area (Å²) < 4.78 is 36.9. The van der Waals surface area contributed by atoms with Crippen molar-refractivity contribution >= 4 is 27.1 Å². The van der Waals surface area contributed by atoms with Gasteiger partial charge in [-0.25, -0.2) is 0 Å². The van der Waals surface area contributed by atoms with E-state index in [9.17, 15) is 18.7 Å². The standard InChI is InChI=1S/2C7H15O5P/c1-4-7(5-2,6(8)12-3)13(9,10)11;1-4-11-13(10,12-5-2)6(3)7(8)9/h4-5H2,1-3H3,(H2,9,10,11);6H,4-5H2,1-3H3,(H,8,9). The fraction of sp³-hybridized carbons (Fsp3) is 0.857. The van der Waals surface area contributed by atoms with Crippen molar-refractivity contribution in [1.29, 1.82) is 0 Å². The topological polar surface area (TPSA) is 157 Å². The van der Waals surface area contributed by atoms with Gasteiger partial charge in [0.25, 0.3) is 0 Å². The Labute approximate surface area is 153 Å². The van der Waals surface area contributed by atoms with Gasteiger partial charge in [0.05, 0.1) is 20.3 Å². The van der Waals surface area contributed by atoms with E-state index in [2.05, 4.69) is 4.74 Å². The van der Waals surface area contributed by atoms with Crippen LogP contribution in [0.4, 0.5) is 0 Å². The first-order valence-electron chi connectivity index (χ1n) is 8.09. The lowest BCUT2D eigenvalue weighted by Gasteiger charge is -2.28. The molecule has 0 aliphatic heterocycles. The second-order valence-corrected chi connectivity index (χ2v) is 9.48. The van der Waals surface area contributed by atoms with E-state index in [1.807, 2.05) is 0 Å². The first kappa shape index (κ1) is 27.5. The van der Waals surface area contributed by atoms with Crippen LogP contribution in [0.3, 0.4) is 0 Å². The van der Waals surface area contributed by atoms with Gasteiger partial charge in [0.1, 0.15) is 0 Å².